The summed E-state index contributed by atoms with van der Waals surface area (Å²) >= 11 is 6.92. The van der Waals surface area contributed by atoms with Gasteiger partial charge in [-0.3, -0.25) is 4.79 Å². The number of ether oxygens (including phenoxy) is 1. The Morgan fingerprint density at radius 2 is 1.88 bits per heavy atom. The van der Waals surface area contributed by atoms with Crippen LogP contribution in [0.15, 0.2) is 0 Å². The first-order chi connectivity index (χ1) is 7.67. The number of carbonyl (C=O) groups excluding carboxylic acids is 1. The summed E-state index contributed by atoms with van der Waals surface area (Å²) in [6.07, 6.45) is 8.26. The number of carbonyl (C=O) groups is 1. The molecule has 0 spiro atoms. The first-order valence-electron chi connectivity index (χ1n) is 5.93. The van der Waals surface area contributed by atoms with E-state index in [1.165, 1.54) is 24.6 Å². The minimum atomic E-state index is -0.485. The lowest BCUT2D eigenvalue weighted by atomic mass is 9.82. The van der Waals surface area contributed by atoms with Crippen LogP contribution in [0.25, 0.3) is 0 Å². The highest BCUT2D eigenvalue weighted by molar-refractivity contribution is 8.22. The van der Waals surface area contributed by atoms with Gasteiger partial charge in [-0.1, -0.05) is 37.9 Å². The molecule has 0 radical (unpaired) electrons. The monoisotopic (exact) mass is 260 g/mol. The van der Waals surface area contributed by atoms with Crippen LogP contribution in [0, 0.1) is 5.41 Å². The van der Waals surface area contributed by atoms with Crippen molar-refractivity contribution in [2.24, 2.45) is 5.41 Å². The summed E-state index contributed by atoms with van der Waals surface area (Å²) in [4.78, 5) is 12.2. The van der Waals surface area contributed by atoms with Crippen molar-refractivity contribution in [3.8, 4) is 0 Å². The fraction of sp³-hybridized carbons (Fsp3) is 0.833. The van der Waals surface area contributed by atoms with Gasteiger partial charge in [-0.2, -0.15) is 0 Å². The fourth-order valence-electron chi connectivity index (χ4n) is 2.29. The molecule has 1 aliphatic carbocycles. The molecule has 0 saturated heterocycles. The summed E-state index contributed by atoms with van der Waals surface area (Å²) in [5, 5.41) is 0. The average Bonchev–Trinajstić information content (AvgIpc) is 2.54. The standard InChI is InChI=1S/C12H20O2S2/c1-3-14-10(13)12(11(15)16-2)8-6-4-5-7-9-12/h3-9H2,1-2H3. The minimum Gasteiger partial charge on any atom is -0.465 e. The summed E-state index contributed by atoms with van der Waals surface area (Å²) < 4.78 is 6.04. The third kappa shape index (κ3) is 2.98. The second-order valence-electron chi connectivity index (χ2n) is 4.21. The number of hydrogen-bond acceptors (Lipinski definition) is 4. The quantitative estimate of drug-likeness (QED) is 0.440. The van der Waals surface area contributed by atoms with Crippen molar-refractivity contribution in [3.63, 3.8) is 0 Å². The molecule has 1 fully saturated rings. The van der Waals surface area contributed by atoms with Gasteiger partial charge in [-0.15, -0.1) is 11.8 Å². The summed E-state index contributed by atoms with van der Waals surface area (Å²) in [5.74, 6) is -0.101. The van der Waals surface area contributed by atoms with Crippen LogP contribution in [0.3, 0.4) is 0 Å². The molecule has 0 aromatic carbocycles. The maximum Gasteiger partial charge on any atom is 0.317 e. The highest BCUT2D eigenvalue weighted by atomic mass is 32.2. The molecule has 1 saturated carbocycles. The molecular weight excluding hydrogens is 240 g/mol. The van der Waals surface area contributed by atoms with E-state index in [2.05, 4.69) is 0 Å². The van der Waals surface area contributed by atoms with Crippen molar-refractivity contribution in [1.82, 2.24) is 0 Å². The van der Waals surface area contributed by atoms with E-state index in [4.69, 9.17) is 17.0 Å². The van der Waals surface area contributed by atoms with Crippen LogP contribution in [0.2, 0.25) is 0 Å². The topological polar surface area (TPSA) is 26.3 Å². The van der Waals surface area contributed by atoms with Gasteiger partial charge in [-0.05, 0) is 26.0 Å². The number of rotatable bonds is 3. The molecule has 0 heterocycles. The summed E-state index contributed by atoms with van der Waals surface area (Å²) in [6.45, 7) is 2.29. The molecule has 4 heteroatoms. The Hall–Kier alpha value is -0.0900. The Kier molecular flexibility index (Phi) is 5.76. The van der Waals surface area contributed by atoms with Crippen molar-refractivity contribution in [1.29, 1.82) is 0 Å². The van der Waals surface area contributed by atoms with Crippen LogP contribution >= 0.6 is 24.0 Å². The summed E-state index contributed by atoms with van der Waals surface area (Å²) in [6, 6.07) is 0. The number of esters is 1. The van der Waals surface area contributed by atoms with Crippen LogP contribution in [0.5, 0.6) is 0 Å². The van der Waals surface area contributed by atoms with Crippen molar-refractivity contribution >= 4 is 34.1 Å². The van der Waals surface area contributed by atoms with Crippen molar-refractivity contribution in [3.05, 3.63) is 0 Å². The van der Waals surface area contributed by atoms with Crippen LogP contribution in [-0.2, 0) is 9.53 Å². The molecule has 0 atom stereocenters. The van der Waals surface area contributed by atoms with Gasteiger partial charge in [0.05, 0.1) is 10.8 Å². The summed E-state index contributed by atoms with van der Waals surface area (Å²) in [7, 11) is 0. The molecule has 0 aromatic rings. The van der Waals surface area contributed by atoms with Crippen LogP contribution in [0.4, 0.5) is 0 Å². The largest absolute Gasteiger partial charge is 0.465 e. The van der Waals surface area contributed by atoms with E-state index in [0.29, 0.717) is 6.61 Å². The van der Waals surface area contributed by atoms with E-state index in [0.717, 1.165) is 29.9 Å². The minimum absolute atomic E-state index is 0.101. The third-order valence-corrected chi connectivity index (χ3v) is 4.85. The predicted molar refractivity (Wildman–Crippen MR) is 72.9 cm³/mol. The van der Waals surface area contributed by atoms with E-state index < -0.39 is 5.41 Å². The van der Waals surface area contributed by atoms with E-state index in [-0.39, 0.29) is 5.97 Å². The van der Waals surface area contributed by atoms with Gasteiger partial charge in [0.25, 0.3) is 0 Å². The van der Waals surface area contributed by atoms with Gasteiger partial charge in [0, 0.05) is 0 Å². The van der Waals surface area contributed by atoms with E-state index >= 15 is 0 Å². The maximum absolute atomic E-state index is 12.2. The van der Waals surface area contributed by atoms with E-state index in [1.807, 2.05) is 13.2 Å². The van der Waals surface area contributed by atoms with Crippen LogP contribution < -0.4 is 0 Å². The Balaban J connectivity index is 2.89. The molecule has 0 aliphatic heterocycles. The molecule has 16 heavy (non-hydrogen) atoms. The van der Waals surface area contributed by atoms with Gasteiger partial charge >= 0.3 is 5.97 Å². The molecule has 1 rings (SSSR count). The molecule has 1 aliphatic rings. The molecule has 2 nitrogen and oxygen atoms in total. The Morgan fingerprint density at radius 3 is 2.31 bits per heavy atom. The average molecular weight is 260 g/mol. The van der Waals surface area contributed by atoms with Crippen LogP contribution in [-0.4, -0.2) is 23.0 Å². The normalized spacial score (nSPS) is 19.9. The number of thiocarbonyl (C=S) groups is 1. The smallest absolute Gasteiger partial charge is 0.317 e. The van der Waals surface area contributed by atoms with E-state index in [1.54, 1.807) is 0 Å². The molecule has 0 N–H and O–H groups in total. The second-order valence-corrected chi connectivity index (χ2v) is 5.69. The van der Waals surface area contributed by atoms with Gasteiger partial charge < -0.3 is 4.74 Å². The highest BCUT2D eigenvalue weighted by Gasteiger charge is 2.43. The highest BCUT2D eigenvalue weighted by Crippen LogP contribution is 2.40. The zero-order chi connectivity index (χ0) is 12.0. The van der Waals surface area contributed by atoms with Crippen molar-refractivity contribution < 1.29 is 9.53 Å². The Morgan fingerprint density at radius 1 is 1.31 bits per heavy atom. The van der Waals surface area contributed by atoms with E-state index in [9.17, 15) is 4.79 Å². The lowest BCUT2D eigenvalue weighted by Gasteiger charge is -2.30. The van der Waals surface area contributed by atoms with Crippen molar-refractivity contribution in [2.45, 2.75) is 45.4 Å². The molecule has 92 valence electrons. The predicted octanol–water partition coefficient (Wildman–Crippen LogP) is 3.58. The molecule has 0 amide bonds. The summed E-state index contributed by atoms with van der Waals surface area (Å²) in [5.41, 5.74) is -0.485. The van der Waals surface area contributed by atoms with Gasteiger partial charge in [0.15, 0.2) is 0 Å². The lowest BCUT2D eigenvalue weighted by Crippen LogP contribution is -2.38. The zero-order valence-electron chi connectivity index (χ0n) is 10.1. The number of thioether (sulfide) groups is 1. The second kappa shape index (κ2) is 6.60. The molecule has 0 bridgehead atoms. The zero-order valence-corrected chi connectivity index (χ0v) is 11.7. The number of hydrogen-bond donors (Lipinski definition) is 0. The fourth-order valence-corrected chi connectivity index (χ4v) is 3.25. The lowest BCUT2D eigenvalue weighted by molar-refractivity contribution is -0.151. The molecule has 0 unspecified atom stereocenters. The van der Waals surface area contributed by atoms with Crippen molar-refractivity contribution in [2.75, 3.05) is 12.9 Å². The van der Waals surface area contributed by atoms with Gasteiger partial charge in [-0.25, -0.2) is 0 Å². The molecular formula is C12H20O2S2. The van der Waals surface area contributed by atoms with Crippen LogP contribution in [0.1, 0.15) is 45.4 Å². The first kappa shape index (κ1) is 14.0. The Bertz CT molecular complexity index is 256. The maximum atomic E-state index is 12.2. The first-order valence-corrected chi connectivity index (χ1v) is 7.56. The third-order valence-electron chi connectivity index (χ3n) is 3.20. The Labute approximate surface area is 108 Å². The van der Waals surface area contributed by atoms with Gasteiger partial charge in [0.2, 0.25) is 0 Å². The SMILES string of the molecule is CCOC(=O)C1(C(=S)SC)CCCCCC1. The van der Waals surface area contributed by atoms with Gasteiger partial charge in [0.1, 0.15) is 5.41 Å². The molecule has 0 aromatic heterocycles.